The molecule has 0 radical (unpaired) electrons. The molecule has 2 aromatic carbocycles. The predicted octanol–water partition coefficient (Wildman–Crippen LogP) is 4.74. The van der Waals surface area contributed by atoms with Gasteiger partial charge in [0.05, 0.1) is 51.0 Å². The molecule has 0 unspecified atom stereocenters. The first-order valence-electron chi connectivity index (χ1n) is 10.1. The van der Waals surface area contributed by atoms with Crippen LogP contribution in [0.4, 0.5) is 0 Å². The zero-order valence-corrected chi connectivity index (χ0v) is 17.7. The van der Waals surface area contributed by atoms with Crippen molar-refractivity contribution in [3.05, 3.63) is 77.9 Å². The summed E-state index contributed by atoms with van der Waals surface area (Å²) in [5.41, 5.74) is 6.21. The number of methoxy groups -OCH3 is 2. The fourth-order valence-corrected chi connectivity index (χ4v) is 3.18. The first-order valence-corrected chi connectivity index (χ1v) is 10.1. The van der Waals surface area contributed by atoms with Gasteiger partial charge in [-0.05, 0) is 23.3 Å². The highest BCUT2D eigenvalue weighted by Crippen LogP contribution is 2.28. The molecule has 0 saturated heterocycles. The zero-order chi connectivity index (χ0) is 21.0. The summed E-state index contributed by atoms with van der Waals surface area (Å²) in [6.07, 6.45) is 0. The van der Waals surface area contributed by atoms with Crippen molar-refractivity contribution in [3.63, 3.8) is 0 Å². The first kappa shape index (κ1) is 22.1. The molecule has 30 heavy (non-hydrogen) atoms. The highest BCUT2D eigenvalue weighted by Gasteiger charge is 2.10. The molecule has 158 valence electrons. The summed E-state index contributed by atoms with van der Waals surface area (Å²) >= 11 is 0. The molecule has 1 heterocycles. The highest BCUT2D eigenvalue weighted by molar-refractivity contribution is 5.69. The molecule has 0 aliphatic rings. The van der Waals surface area contributed by atoms with Crippen LogP contribution in [0.15, 0.2) is 66.7 Å². The van der Waals surface area contributed by atoms with Gasteiger partial charge < -0.3 is 18.9 Å². The van der Waals surface area contributed by atoms with Gasteiger partial charge in [0.15, 0.2) is 0 Å². The molecule has 0 fully saturated rings. The molecule has 1 aromatic heterocycles. The SMILES string of the molecule is COCCOCc1ccccc1-c1cccc(-c2ccccc2COCCOC)n1. The van der Waals surface area contributed by atoms with Gasteiger partial charge in [0.1, 0.15) is 0 Å². The van der Waals surface area contributed by atoms with Crippen LogP contribution in [-0.2, 0) is 32.2 Å². The van der Waals surface area contributed by atoms with Crippen LogP contribution in [0.3, 0.4) is 0 Å². The quantitative estimate of drug-likeness (QED) is 0.406. The summed E-state index contributed by atoms with van der Waals surface area (Å²) in [5, 5.41) is 0. The third kappa shape index (κ3) is 6.21. The Balaban J connectivity index is 1.83. The molecule has 0 atom stereocenters. The average molecular weight is 408 g/mol. The molecule has 0 aliphatic heterocycles. The van der Waals surface area contributed by atoms with Crippen LogP contribution < -0.4 is 0 Å². The number of hydrogen-bond donors (Lipinski definition) is 0. The number of ether oxygens (including phenoxy) is 4. The van der Waals surface area contributed by atoms with Gasteiger partial charge in [0, 0.05) is 25.3 Å². The second-order valence-electron chi connectivity index (χ2n) is 6.81. The maximum atomic E-state index is 5.74. The molecule has 5 heteroatoms. The molecule has 0 bridgehead atoms. The molecule has 0 saturated carbocycles. The van der Waals surface area contributed by atoms with Gasteiger partial charge in [-0.1, -0.05) is 54.6 Å². The van der Waals surface area contributed by atoms with Crippen LogP contribution in [-0.4, -0.2) is 45.6 Å². The van der Waals surface area contributed by atoms with Crippen molar-refractivity contribution in [1.82, 2.24) is 4.98 Å². The fourth-order valence-electron chi connectivity index (χ4n) is 3.18. The van der Waals surface area contributed by atoms with E-state index in [0.29, 0.717) is 39.6 Å². The molecular weight excluding hydrogens is 378 g/mol. The lowest BCUT2D eigenvalue weighted by Gasteiger charge is -2.13. The summed E-state index contributed by atoms with van der Waals surface area (Å²) in [4.78, 5) is 4.96. The van der Waals surface area contributed by atoms with Crippen molar-refractivity contribution < 1.29 is 18.9 Å². The van der Waals surface area contributed by atoms with Gasteiger partial charge in [-0.15, -0.1) is 0 Å². The Bertz CT molecular complexity index is 842. The normalized spacial score (nSPS) is 11.0. The number of benzene rings is 2. The topological polar surface area (TPSA) is 49.8 Å². The van der Waals surface area contributed by atoms with E-state index in [0.717, 1.165) is 33.6 Å². The summed E-state index contributed by atoms with van der Waals surface area (Å²) in [7, 11) is 3.35. The van der Waals surface area contributed by atoms with Gasteiger partial charge >= 0.3 is 0 Å². The maximum absolute atomic E-state index is 5.74. The van der Waals surface area contributed by atoms with Crippen LogP contribution in [0, 0.1) is 0 Å². The molecule has 3 rings (SSSR count). The van der Waals surface area contributed by atoms with Crippen LogP contribution in [0.5, 0.6) is 0 Å². The Morgan fingerprint density at radius 1 is 0.567 bits per heavy atom. The van der Waals surface area contributed by atoms with E-state index in [4.69, 9.17) is 23.9 Å². The zero-order valence-electron chi connectivity index (χ0n) is 17.7. The first-order chi connectivity index (χ1) is 14.8. The van der Waals surface area contributed by atoms with Crippen molar-refractivity contribution in [2.24, 2.45) is 0 Å². The van der Waals surface area contributed by atoms with E-state index in [1.807, 2.05) is 42.5 Å². The average Bonchev–Trinajstić information content (AvgIpc) is 2.80. The number of pyridine rings is 1. The lowest BCUT2D eigenvalue weighted by Crippen LogP contribution is -2.03. The molecular formula is C25H29NO4. The van der Waals surface area contributed by atoms with E-state index in [2.05, 4.69) is 24.3 Å². The van der Waals surface area contributed by atoms with Crippen LogP contribution in [0.1, 0.15) is 11.1 Å². The van der Waals surface area contributed by atoms with Crippen molar-refractivity contribution >= 4 is 0 Å². The lowest BCUT2D eigenvalue weighted by molar-refractivity contribution is 0.0618. The smallest absolute Gasteiger partial charge is 0.0724 e. The Morgan fingerprint density at radius 3 is 1.50 bits per heavy atom. The van der Waals surface area contributed by atoms with E-state index in [1.165, 1.54) is 0 Å². The summed E-state index contributed by atoms with van der Waals surface area (Å²) < 4.78 is 21.6. The molecule has 0 spiro atoms. The van der Waals surface area contributed by atoms with Crippen molar-refractivity contribution in [1.29, 1.82) is 0 Å². The van der Waals surface area contributed by atoms with Crippen LogP contribution >= 0.6 is 0 Å². The van der Waals surface area contributed by atoms with Gasteiger partial charge in [0.2, 0.25) is 0 Å². The van der Waals surface area contributed by atoms with Gasteiger partial charge in [-0.3, -0.25) is 0 Å². The third-order valence-electron chi connectivity index (χ3n) is 4.71. The van der Waals surface area contributed by atoms with Crippen LogP contribution in [0.25, 0.3) is 22.5 Å². The number of nitrogens with zero attached hydrogens (tertiary/aromatic N) is 1. The fraction of sp³-hybridized carbons (Fsp3) is 0.320. The maximum Gasteiger partial charge on any atom is 0.0724 e. The van der Waals surface area contributed by atoms with Crippen LogP contribution in [0.2, 0.25) is 0 Å². The summed E-state index contributed by atoms with van der Waals surface area (Å²) in [6, 6.07) is 22.5. The number of hydrogen-bond acceptors (Lipinski definition) is 5. The summed E-state index contributed by atoms with van der Waals surface area (Å²) in [5.74, 6) is 0. The Morgan fingerprint density at radius 2 is 1.03 bits per heavy atom. The molecule has 3 aromatic rings. The van der Waals surface area contributed by atoms with Crippen molar-refractivity contribution in [2.45, 2.75) is 13.2 Å². The minimum Gasteiger partial charge on any atom is -0.382 e. The molecule has 0 amide bonds. The second kappa shape index (κ2) is 12.2. The largest absolute Gasteiger partial charge is 0.382 e. The molecule has 0 aliphatic carbocycles. The van der Waals surface area contributed by atoms with E-state index < -0.39 is 0 Å². The van der Waals surface area contributed by atoms with E-state index in [-0.39, 0.29) is 0 Å². The third-order valence-corrected chi connectivity index (χ3v) is 4.71. The van der Waals surface area contributed by atoms with E-state index in [9.17, 15) is 0 Å². The molecule has 5 nitrogen and oxygen atoms in total. The monoisotopic (exact) mass is 407 g/mol. The lowest BCUT2D eigenvalue weighted by atomic mass is 10.0. The van der Waals surface area contributed by atoms with Gasteiger partial charge in [0.25, 0.3) is 0 Å². The second-order valence-corrected chi connectivity index (χ2v) is 6.81. The standard InChI is InChI=1S/C25H29NO4/c1-27-14-16-29-18-20-8-3-5-10-22(20)24-12-7-13-25(26-24)23-11-6-4-9-21(23)19-30-17-15-28-2/h3-13H,14-19H2,1-2H3. The van der Waals surface area contributed by atoms with Crippen molar-refractivity contribution in [3.8, 4) is 22.5 Å². The Kier molecular flexibility index (Phi) is 9.00. The predicted molar refractivity (Wildman–Crippen MR) is 118 cm³/mol. The highest BCUT2D eigenvalue weighted by atomic mass is 16.5. The van der Waals surface area contributed by atoms with Gasteiger partial charge in [-0.25, -0.2) is 4.98 Å². The summed E-state index contributed by atoms with van der Waals surface area (Å²) in [6.45, 7) is 3.34. The Labute approximate surface area is 178 Å². The molecule has 0 N–H and O–H groups in total. The van der Waals surface area contributed by atoms with Gasteiger partial charge in [-0.2, -0.15) is 0 Å². The minimum atomic E-state index is 0.523. The van der Waals surface area contributed by atoms with Crippen molar-refractivity contribution in [2.75, 3.05) is 40.6 Å². The Hall–Kier alpha value is -2.57. The number of rotatable bonds is 12. The number of aromatic nitrogens is 1. The van der Waals surface area contributed by atoms with E-state index >= 15 is 0 Å². The van der Waals surface area contributed by atoms with E-state index in [1.54, 1.807) is 14.2 Å². The minimum absolute atomic E-state index is 0.523.